The zero-order valence-electron chi connectivity index (χ0n) is 12.1. The van der Waals surface area contributed by atoms with Gasteiger partial charge in [0.25, 0.3) is 0 Å². The van der Waals surface area contributed by atoms with Gasteiger partial charge in [-0.15, -0.1) is 12.6 Å². The summed E-state index contributed by atoms with van der Waals surface area (Å²) in [4.78, 5) is 1.00. The van der Waals surface area contributed by atoms with Crippen LogP contribution < -0.4 is 5.73 Å². The quantitative estimate of drug-likeness (QED) is 0.650. The minimum absolute atomic E-state index is 0.442. The van der Waals surface area contributed by atoms with Crippen LogP contribution in [0, 0.1) is 13.8 Å². The van der Waals surface area contributed by atoms with E-state index in [2.05, 4.69) is 65.6 Å². The van der Waals surface area contributed by atoms with Gasteiger partial charge in [-0.25, -0.2) is 0 Å². The molecule has 0 radical (unpaired) electrons. The average molecular weight is 298 g/mol. The molecule has 0 fully saturated rings. The second-order valence-corrected chi connectivity index (χ2v) is 5.24. The molecule has 0 unspecified atom stereocenters. The van der Waals surface area contributed by atoms with E-state index in [1.165, 1.54) is 16.7 Å². The Morgan fingerprint density at radius 1 is 1.00 bits per heavy atom. The van der Waals surface area contributed by atoms with Crippen molar-refractivity contribution in [2.75, 3.05) is 5.73 Å². The smallest absolute Gasteiger partial charge is 0.167 e. The standard InChI is InChI=1S/C13H12S.C4H6N2O/c1-10-4-2-3-5-13(10)11-6-8-12(14)9-7-11;1-3-2-4(5)6-7-3/h2-9,14H,1H3;2H,1H3,(H2,5,6). The third-order valence-corrected chi connectivity index (χ3v) is 3.27. The molecule has 3 aromatic rings. The van der Waals surface area contributed by atoms with E-state index in [1.807, 2.05) is 12.1 Å². The lowest BCUT2D eigenvalue weighted by molar-refractivity contribution is 0.400. The number of hydrogen-bond acceptors (Lipinski definition) is 4. The van der Waals surface area contributed by atoms with Crippen molar-refractivity contribution < 1.29 is 4.52 Å². The van der Waals surface area contributed by atoms with Gasteiger partial charge in [0.15, 0.2) is 5.82 Å². The van der Waals surface area contributed by atoms with E-state index in [4.69, 9.17) is 5.73 Å². The SMILES string of the molecule is Cc1cc(N)no1.Cc1ccccc1-c1ccc(S)cc1. The summed E-state index contributed by atoms with van der Waals surface area (Å²) >= 11 is 4.27. The summed E-state index contributed by atoms with van der Waals surface area (Å²) < 4.78 is 4.59. The van der Waals surface area contributed by atoms with Gasteiger partial charge in [-0.3, -0.25) is 0 Å². The van der Waals surface area contributed by atoms with Crippen molar-refractivity contribution in [2.24, 2.45) is 0 Å². The van der Waals surface area contributed by atoms with Crippen LogP contribution in [0.4, 0.5) is 5.82 Å². The van der Waals surface area contributed by atoms with Crippen molar-refractivity contribution in [1.82, 2.24) is 5.16 Å². The van der Waals surface area contributed by atoms with Crippen LogP contribution in [0.2, 0.25) is 0 Å². The molecule has 0 aliphatic carbocycles. The van der Waals surface area contributed by atoms with Gasteiger partial charge in [0.2, 0.25) is 0 Å². The Morgan fingerprint density at radius 2 is 1.67 bits per heavy atom. The Morgan fingerprint density at radius 3 is 2.14 bits per heavy atom. The van der Waals surface area contributed by atoms with E-state index in [1.54, 1.807) is 13.0 Å². The summed E-state index contributed by atoms with van der Waals surface area (Å²) in [5.74, 6) is 1.19. The van der Waals surface area contributed by atoms with Gasteiger partial charge in [-0.1, -0.05) is 41.6 Å². The number of hydrogen-bond donors (Lipinski definition) is 2. The van der Waals surface area contributed by atoms with E-state index < -0.39 is 0 Å². The molecule has 0 saturated heterocycles. The predicted octanol–water partition coefficient (Wildman–Crippen LogP) is 4.52. The van der Waals surface area contributed by atoms with Crippen molar-refractivity contribution in [2.45, 2.75) is 18.7 Å². The molecule has 1 heterocycles. The fourth-order valence-electron chi connectivity index (χ4n) is 1.92. The van der Waals surface area contributed by atoms with Crippen molar-refractivity contribution in [1.29, 1.82) is 0 Å². The van der Waals surface area contributed by atoms with Crippen LogP contribution in [0.25, 0.3) is 11.1 Å². The van der Waals surface area contributed by atoms with Crippen LogP contribution in [-0.4, -0.2) is 5.16 Å². The number of nitrogen functional groups attached to an aromatic ring is 1. The van der Waals surface area contributed by atoms with Gasteiger partial charge >= 0.3 is 0 Å². The Hall–Kier alpha value is -2.20. The Bertz CT molecular complexity index is 688. The first kappa shape index (κ1) is 15.2. The first-order valence-electron chi connectivity index (χ1n) is 6.60. The molecule has 108 valence electrons. The molecule has 0 amide bonds. The number of thiol groups is 1. The van der Waals surface area contributed by atoms with Gasteiger partial charge in [0.1, 0.15) is 5.76 Å². The third-order valence-electron chi connectivity index (χ3n) is 2.97. The number of aromatic nitrogens is 1. The molecule has 0 saturated carbocycles. The van der Waals surface area contributed by atoms with Crippen molar-refractivity contribution in [3.05, 3.63) is 65.9 Å². The average Bonchev–Trinajstić information content (AvgIpc) is 2.85. The Balaban J connectivity index is 0.000000194. The maximum absolute atomic E-state index is 5.17. The van der Waals surface area contributed by atoms with Crippen LogP contribution in [0.15, 0.2) is 64.0 Å². The lowest BCUT2D eigenvalue weighted by atomic mass is 10.0. The number of aryl methyl sites for hydroxylation is 2. The zero-order chi connectivity index (χ0) is 15.2. The molecular formula is C17H18N2OS. The van der Waals surface area contributed by atoms with Crippen LogP contribution in [0.1, 0.15) is 11.3 Å². The lowest BCUT2D eigenvalue weighted by Crippen LogP contribution is -1.81. The molecular weight excluding hydrogens is 280 g/mol. The number of benzene rings is 2. The summed E-state index contributed by atoms with van der Waals surface area (Å²) in [7, 11) is 0. The highest BCUT2D eigenvalue weighted by molar-refractivity contribution is 7.80. The first-order valence-corrected chi connectivity index (χ1v) is 7.05. The molecule has 21 heavy (non-hydrogen) atoms. The molecule has 0 atom stereocenters. The lowest BCUT2D eigenvalue weighted by Gasteiger charge is -2.05. The minimum atomic E-state index is 0.442. The number of nitrogens with two attached hydrogens (primary N) is 1. The highest BCUT2D eigenvalue weighted by Gasteiger charge is 1.99. The largest absolute Gasteiger partial charge is 0.381 e. The Labute approximate surface area is 130 Å². The molecule has 3 rings (SSSR count). The molecule has 0 aliphatic heterocycles. The summed E-state index contributed by atoms with van der Waals surface area (Å²) in [6, 6.07) is 18.3. The van der Waals surface area contributed by atoms with E-state index in [9.17, 15) is 0 Å². The topological polar surface area (TPSA) is 52.0 Å². The van der Waals surface area contributed by atoms with Crippen LogP contribution in [0.5, 0.6) is 0 Å². The summed E-state index contributed by atoms with van der Waals surface area (Å²) in [6.45, 7) is 3.92. The van der Waals surface area contributed by atoms with Gasteiger partial charge in [-0.2, -0.15) is 0 Å². The Kier molecular flexibility index (Phi) is 5.06. The first-order chi connectivity index (χ1) is 10.1. The number of nitrogens with zero attached hydrogens (tertiary/aromatic N) is 1. The molecule has 3 nitrogen and oxygen atoms in total. The minimum Gasteiger partial charge on any atom is -0.381 e. The predicted molar refractivity (Wildman–Crippen MR) is 89.5 cm³/mol. The molecule has 0 bridgehead atoms. The van der Waals surface area contributed by atoms with Crippen molar-refractivity contribution in [3.8, 4) is 11.1 Å². The molecule has 0 spiro atoms. The fraction of sp³-hybridized carbons (Fsp3) is 0.118. The van der Waals surface area contributed by atoms with Crippen LogP contribution >= 0.6 is 12.6 Å². The maximum Gasteiger partial charge on any atom is 0.167 e. The number of anilines is 1. The number of rotatable bonds is 1. The zero-order valence-corrected chi connectivity index (χ0v) is 13.0. The molecule has 2 N–H and O–H groups in total. The van der Waals surface area contributed by atoms with E-state index in [0.29, 0.717) is 5.82 Å². The van der Waals surface area contributed by atoms with Gasteiger partial charge in [0.05, 0.1) is 0 Å². The molecule has 4 heteroatoms. The highest BCUT2D eigenvalue weighted by atomic mass is 32.1. The normalized spacial score (nSPS) is 9.86. The van der Waals surface area contributed by atoms with Crippen molar-refractivity contribution in [3.63, 3.8) is 0 Å². The van der Waals surface area contributed by atoms with Crippen molar-refractivity contribution >= 4 is 18.4 Å². The monoisotopic (exact) mass is 298 g/mol. The van der Waals surface area contributed by atoms with E-state index in [0.717, 1.165) is 10.7 Å². The van der Waals surface area contributed by atoms with Gasteiger partial charge in [-0.05, 0) is 42.7 Å². The summed E-state index contributed by atoms with van der Waals surface area (Å²) in [6.07, 6.45) is 0. The maximum atomic E-state index is 5.17. The fourth-order valence-corrected chi connectivity index (χ4v) is 2.07. The van der Waals surface area contributed by atoms with Crippen LogP contribution in [-0.2, 0) is 0 Å². The van der Waals surface area contributed by atoms with E-state index >= 15 is 0 Å². The second-order valence-electron chi connectivity index (χ2n) is 4.72. The van der Waals surface area contributed by atoms with Gasteiger partial charge < -0.3 is 10.3 Å². The summed E-state index contributed by atoms with van der Waals surface area (Å²) in [5, 5.41) is 3.42. The van der Waals surface area contributed by atoms with Crippen LogP contribution in [0.3, 0.4) is 0 Å². The molecule has 2 aromatic carbocycles. The third kappa shape index (κ3) is 4.39. The highest BCUT2D eigenvalue weighted by Crippen LogP contribution is 2.23. The van der Waals surface area contributed by atoms with Gasteiger partial charge in [0, 0.05) is 11.0 Å². The molecule has 1 aromatic heterocycles. The van der Waals surface area contributed by atoms with E-state index in [-0.39, 0.29) is 0 Å². The second kappa shape index (κ2) is 6.99. The molecule has 0 aliphatic rings. The summed E-state index contributed by atoms with van der Waals surface area (Å²) in [5.41, 5.74) is 9.02.